The minimum absolute atomic E-state index is 0.0620. The van der Waals surface area contributed by atoms with Crippen molar-refractivity contribution in [1.82, 2.24) is 5.32 Å². The van der Waals surface area contributed by atoms with Crippen LogP contribution in [0, 0.1) is 17.5 Å². The van der Waals surface area contributed by atoms with Gasteiger partial charge < -0.3 is 10.4 Å². The molecule has 1 atom stereocenters. The van der Waals surface area contributed by atoms with Gasteiger partial charge in [0.25, 0.3) is 0 Å². The Morgan fingerprint density at radius 2 is 1.75 bits per heavy atom. The Labute approximate surface area is 137 Å². The van der Waals surface area contributed by atoms with Gasteiger partial charge >= 0.3 is 0 Å². The van der Waals surface area contributed by atoms with E-state index >= 15 is 0 Å². The third-order valence-corrected chi connectivity index (χ3v) is 3.48. The number of nitrogens with one attached hydrogen (secondary N) is 1. The van der Waals surface area contributed by atoms with Crippen LogP contribution >= 0.6 is 0 Å². The van der Waals surface area contributed by atoms with Gasteiger partial charge in [0.15, 0.2) is 17.5 Å². The van der Waals surface area contributed by atoms with Crippen molar-refractivity contribution >= 4 is 11.5 Å². The number of carbonyl (C=O) groups excluding carboxylic acids is 1. The molecule has 0 saturated heterocycles. The van der Waals surface area contributed by atoms with Crippen LogP contribution in [0.15, 0.2) is 48.5 Å². The van der Waals surface area contributed by atoms with Crippen LogP contribution in [0.2, 0.25) is 0 Å². The Bertz CT molecular complexity index is 737. The highest BCUT2D eigenvalue weighted by Gasteiger charge is 2.18. The first-order chi connectivity index (χ1) is 11.4. The molecule has 0 aliphatic rings. The van der Waals surface area contributed by atoms with Crippen molar-refractivity contribution in [1.29, 1.82) is 0 Å². The fourth-order valence-electron chi connectivity index (χ4n) is 2.21. The zero-order valence-electron chi connectivity index (χ0n) is 12.9. The fourth-order valence-corrected chi connectivity index (χ4v) is 2.21. The number of amides is 1. The summed E-state index contributed by atoms with van der Waals surface area (Å²) in [5, 5.41) is 11.8. The lowest BCUT2D eigenvalue weighted by Gasteiger charge is -2.16. The number of rotatable bonds is 5. The minimum Gasteiger partial charge on any atom is -0.394 e. The summed E-state index contributed by atoms with van der Waals surface area (Å²) in [4.78, 5) is 12.0. The van der Waals surface area contributed by atoms with E-state index in [0.717, 1.165) is 17.7 Å². The smallest absolute Gasteiger partial charge is 0.244 e. The molecule has 1 unspecified atom stereocenters. The lowest BCUT2D eigenvalue weighted by atomic mass is 10.1. The monoisotopic (exact) mass is 335 g/mol. The van der Waals surface area contributed by atoms with E-state index in [-0.39, 0.29) is 5.56 Å². The maximum atomic E-state index is 13.3. The van der Waals surface area contributed by atoms with Crippen molar-refractivity contribution in [3.8, 4) is 0 Å². The molecule has 0 aliphatic heterocycles. The first kappa shape index (κ1) is 17.7. The Morgan fingerprint density at radius 1 is 1.17 bits per heavy atom. The number of aliphatic hydroxyl groups is 1. The van der Waals surface area contributed by atoms with Crippen LogP contribution in [-0.2, 0) is 4.79 Å². The van der Waals surface area contributed by atoms with E-state index in [0.29, 0.717) is 5.57 Å². The van der Waals surface area contributed by atoms with Crippen molar-refractivity contribution in [3.05, 3.63) is 77.1 Å². The van der Waals surface area contributed by atoms with E-state index in [1.165, 1.54) is 6.08 Å². The number of carbonyl (C=O) groups is 1. The molecular formula is C18H16F3NO2. The van der Waals surface area contributed by atoms with Gasteiger partial charge in [0, 0.05) is 6.08 Å². The number of aliphatic hydroxyl groups excluding tert-OH is 1. The van der Waals surface area contributed by atoms with Crippen LogP contribution in [0.4, 0.5) is 13.2 Å². The van der Waals surface area contributed by atoms with E-state index in [4.69, 9.17) is 0 Å². The first-order valence-electron chi connectivity index (χ1n) is 7.22. The van der Waals surface area contributed by atoms with Gasteiger partial charge in [0.1, 0.15) is 0 Å². The van der Waals surface area contributed by atoms with Gasteiger partial charge in [-0.05, 0) is 35.8 Å². The zero-order valence-corrected chi connectivity index (χ0v) is 12.9. The Balaban J connectivity index is 2.17. The van der Waals surface area contributed by atoms with Crippen LogP contribution in [0.25, 0.3) is 5.57 Å². The molecule has 0 bridgehead atoms. The summed E-state index contributed by atoms with van der Waals surface area (Å²) < 4.78 is 39.6. The molecule has 0 aliphatic carbocycles. The predicted molar refractivity (Wildman–Crippen MR) is 84.4 cm³/mol. The van der Waals surface area contributed by atoms with E-state index in [9.17, 15) is 23.1 Å². The molecule has 0 aromatic heterocycles. The highest BCUT2D eigenvalue weighted by Crippen LogP contribution is 2.20. The van der Waals surface area contributed by atoms with Crippen molar-refractivity contribution in [3.63, 3.8) is 0 Å². The zero-order chi connectivity index (χ0) is 17.7. The third-order valence-electron chi connectivity index (χ3n) is 3.48. The molecule has 126 valence electrons. The van der Waals surface area contributed by atoms with Crippen molar-refractivity contribution in [2.45, 2.75) is 13.0 Å². The Morgan fingerprint density at radius 3 is 2.29 bits per heavy atom. The molecule has 3 nitrogen and oxygen atoms in total. The summed E-state index contributed by atoms with van der Waals surface area (Å²) in [5.74, 6) is -4.90. The number of benzene rings is 2. The standard InChI is InChI=1S/C18H16F3NO2/c1-11(12-5-3-2-4-6-12)7-17(24)22-16(10-23)13-8-14(19)18(21)15(20)9-13/h2-9,16,23H,10H2,1H3,(H,22,24)/b11-7-. The molecule has 2 aromatic carbocycles. The molecule has 0 heterocycles. The molecule has 6 heteroatoms. The average molecular weight is 335 g/mol. The maximum Gasteiger partial charge on any atom is 0.244 e. The number of halogens is 3. The molecule has 0 saturated carbocycles. The third kappa shape index (κ3) is 4.23. The second-order valence-electron chi connectivity index (χ2n) is 5.24. The van der Waals surface area contributed by atoms with E-state index < -0.39 is 36.0 Å². The fraction of sp³-hybridized carbons (Fsp3) is 0.167. The lowest BCUT2D eigenvalue weighted by Crippen LogP contribution is -2.29. The van der Waals surface area contributed by atoms with Crippen LogP contribution in [0.5, 0.6) is 0 Å². The molecule has 2 N–H and O–H groups in total. The maximum absolute atomic E-state index is 13.3. The summed E-state index contributed by atoms with van der Waals surface area (Å²) in [6.07, 6.45) is 1.31. The van der Waals surface area contributed by atoms with Crippen molar-refractivity contribution in [2.75, 3.05) is 6.61 Å². The van der Waals surface area contributed by atoms with Gasteiger partial charge in [-0.1, -0.05) is 30.3 Å². The number of hydrogen-bond acceptors (Lipinski definition) is 2. The molecule has 0 radical (unpaired) electrons. The van der Waals surface area contributed by atoms with Crippen molar-refractivity contribution in [2.24, 2.45) is 0 Å². The minimum atomic E-state index is -1.60. The molecule has 0 fully saturated rings. The van der Waals surface area contributed by atoms with Gasteiger partial charge in [-0.2, -0.15) is 0 Å². The largest absolute Gasteiger partial charge is 0.394 e. The normalized spacial score (nSPS) is 12.8. The second kappa shape index (κ2) is 7.79. The lowest BCUT2D eigenvalue weighted by molar-refractivity contribution is -0.117. The molecule has 2 rings (SSSR count). The van der Waals surface area contributed by atoms with Crippen LogP contribution in [0.3, 0.4) is 0 Å². The van der Waals surface area contributed by atoms with Gasteiger partial charge in [0.2, 0.25) is 5.91 Å². The summed E-state index contributed by atoms with van der Waals surface area (Å²) in [6, 6.07) is 9.58. The average Bonchev–Trinajstić information content (AvgIpc) is 2.57. The molecule has 0 spiro atoms. The van der Waals surface area contributed by atoms with E-state index in [2.05, 4.69) is 5.32 Å². The van der Waals surface area contributed by atoms with E-state index in [1.54, 1.807) is 6.92 Å². The molecule has 24 heavy (non-hydrogen) atoms. The highest BCUT2D eigenvalue weighted by molar-refractivity contribution is 5.95. The number of hydrogen-bond donors (Lipinski definition) is 2. The van der Waals surface area contributed by atoms with Crippen LogP contribution in [-0.4, -0.2) is 17.6 Å². The summed E-state index contributed by atoms with van der Waals surface area (Å²) >= 11 is 0. The molecule has 2 aromatic rings. The van der Waals surface area contributed by atoms with E-state index in [1.807, 2.05) is 30.3 Å². The van der Waals surface area contributed by atoms with Gasteiger partial charge in [0.05, 0.1) is 12.6 Å². The topological polar surface area (TPSA) is 49.3 Å². The second-order valence-corrected chi connectivity index (χ2v) is 5.24. The van der Waals surface area contributed by atoms with Crippen molar-refractivity contribution < 1.29 is 23.1 Å². The molecular weight excluding hydrogens is 319 g/mol. The van der Waals surface area contributed by atoms with Gasteiger partial charge in [-0.15, -0.1) is 0 Å². The molecule has 1 amide bonds. The Kier molecular flexibility index (Phi) is 5.76. The Hall–Kier alpha value is -2.60. The van der Waals surface area contributed by atoms with Gasteiger partial charge in [-0.3, -0.25) is 4.79 Å². The summed E-state index contributed by atoms with van der Waals surface area (Å²) in [7, 11) is 0. The van der Waals surface area contributed by atoms with Crippen LogP contribution in [0.1, 0.15) is 24.1 Å². The van der Waals surface area contributed by atoms with Gasteiger partial charge in [-0.25, -0.2) is 13.2 Å². The first-order valence-corrected chi connectivity index (χ1v) is 7.22. The van der Waals surface area contributed by atoms with Crippen LogP contribution < -0.4 is 5.32 Å². The highest BCUT2D eigenvalue weighted by atomic mass is 19.2. The number of allylic oxidation sites excluding steroid dienone is 1. The SMILES string of the molecule is C/C(=C/C(=O)NC(CO)c1cc(F)c(F)c(F)c1)c1ccccc1. The predicted octanol–water partition coefficient (Wildman–Crippen LogP) is 3.36. The summed E-state index contributed by atoms with van der Waals surface area (Å²) in [5.41, 5.74) is 1.46. The summed E-state index contributed by atoms with van der Waals surface area (Å²) in [6.45, 7) is 1.15. The quantitative estimate of drug-likeness (QED) is 0.650.